The van der Waals surface area contributed by atoms with Crippen molar-refractivity contribution in [2.45, 2.75) is 108 Å². The van der Waals surface area contributed by atoms with Crippen LogP contribution in [0.5, 0.6) is 0 Å². The molecule has 0 saturated carbocycles. The van der Waals surface area contributed by atoms with Gasteiger partial charge < -0.3 is 25.0 Å². The summed E-state index contributed by atoms with van der Waals surface area (Å²) in [4.78, 5) is 35.6. The lowest BCUT2D eigenvalue weighted by Gasteiger charge is -2.41. The van der Waals surface area contributed by atoms with Gasteiger partial charge in [0.2, 0.25) is 5.91 Å². The Bertz CT molecular complexity index is 1530. The van der Waals surface area contributed by atoms with Crippen LogP contribution in [0.25, 0.3) is 0 Å². The van der Waals surface area contributed by atoms with Crippen LogP contribution >= 0.6 is 43.5 Å². The van der Waals surface area contributed by atoms with Gasteiger partial charge in [-0.1, -0.05) is 40.9 Å². The standard InChI is InChI=1S/C39H52Br2ClN3O6/c1-23-32(51-33(22-46)39(50)38(23)49)5-3-2-4-30(47)21-44-12-8-24(9-13-44)16-34(48)45-14-10-25(11-15-45)36-35-26(18-29(42)19-31(35)41)6-7-27-17-28(40)20-43-37(27)36/h17-20,23-25,32-33,36,38-39,46,49-50H,2-16,21-22H2,1H3/t23-,32-,33+,36+,38+,39-/m0/s1. The largest absolute Gasteiger partial charge is 0.394 e. The highest BCUT2D eigenvalue weighted by Crippen LogP contribution is 2.46. The van der Waals surface area contributed by atoms with E-state index in [-0.39, 0.29) is 36.2 Å². The van der Waals surface area contributed by atoms with E-state index in [1.54, 1.807) is 0 Å². The highest BCUT2D eigenvalue weighted by Gasteiger charge is 2.41. The molecule has 1 amide bonds. The number of hydrogen-bond donors (Lipinski definition) is 3. The summed E-state index contributed by atoms with van der Waals surface area (Å²) in [6.45, 7) is 5.16. The Labute approximate surface area is 323 Å². The molecule has 280 valence electrons. The highest BCUT2D eigenvalue weighted by atomic mass is 79.9. The van der Waals surface area contributed by atoms with Crippen molar-refractivity contribution in [3.63, 3.8) is 0 Å². The molecule has 9 nitrogen and oxygen atoms in total. The van der Waals surface area contributed by atoms with E-state index < -0.39 is 18.3 Å². The van der Waals surface area contributed by atoms with Gasteiger partial charge in [0, 0.05) is 57.9 Å². The quantitative estimate of drug-likeness (QED) is 0.233. The first-order chi connectivity index (χ1) is 24.5. The van der Waals surface area contributed by atoms with Crippen molar-refractivity contribution in [3.8, 4) is 0 Å². The number of hydrogen-bond acceptors (Lipinski definition) is 8. The molecule has 2 aromatic rings. The van der Waals surface area contributed by atoms with Crippen LogP contribution in [0.4, 0.5) is 0 Å². The molecule has 1 aromatic carbocycles. The number of halogens is 3. The molecule has 4 aliphatic rings. The highest BCUT2D eigenvalue weighted by molar-refractivity contribution is 9.10. The van der Waals surface area contributed by atoms with Crippen molar-refractivity contribution in [2.75, 3.05) is 39.3 Å². The third-order valence-corrected chi connectivity index (χ3v) is 13.2. The predicted octanol–water partition coefficient (Wildman–Crippen LogP) is 6.08. The molecule has 3 N–H and O–H groups in total. The summed E-state index contributed by atoms with van der Waals surface area (Å²) >= 11 is 14.0. The van der Waals surface area contributed by atoms with Crippen LogP contribution in [0.3, 0.4) is 0 Å². The Balaban J connectivity index is 0.931. The molecule has 1 aliphatic carbocycles. The minimum Gasteiger partial charge on any atom is -0.394 e. The number of likely N-dealkylation sites (tertiary alicyclic amines) is 2. The van der Waals surface area contributed by atoms with Crippen molar-refractivity contribution in [2.24, 2.45) is 17.8 Å². The smallest absolute Gasteiger partial charge is 0.222 e. The molecule has 6 rings (SSSR count). The van der Waals surface area contributed by atoms with E-state index >= 15 is 0 Å². The SMILES string of the molecule is C[C@@H]1[C@@H](O)[C@@H](O)[C@@H](CO)O[C@H]1CCCCC(=O)CN1CCC(CC(=O)N2CCC([C@H]3c4ncc(Br)cc4CCc4cc(Cl)cc(Br)c43)CC2)CC1. The zero-order chi connectivity index (χ0) is 36.2. The maximum absolute atomic E-state index is 13.5. The number of ketones is 1. The van der Waals surface area contributed by atoms with Crippen LogP contribution in [-0.4, -0.2) is 106 Å². The fraction of sp³-hybridized carbons (Fsp3) is 0.667. The van der Waals surface area contributed by atoms with Crippen LogP contribution in [0.15, 0.2) is 33.3 Å². The van der Waals surface area contributed by atoms with Crippen LogP contribution in [0, 0.1) is 17.8 Å². The van der Waals surface area contributed by atoms with E-state index in [1.165, 1.54) is 16.7 Å². The van der Waals surface area contributed by atoms with Crippen molar-refractivity contribution in [3.05, 3.63) is 60.7 Å². The van der Waals surface area contributed by atoms with Crippen LogP contribution in [-0.2, 0) is 27.2 Å². The monoisotopic (exact) mass is 851 g/mol. The number of Topliss-reactive ketones (excluding diaryl/α,β-unsaturated/α-hetero) is 1. The number of unbranched alkanes of at least 4 members (excludes halogenated alkanes) is 1. The molecule has 51 heavy (non-hydrogen) atoms. The van der Waals surface area contributed by atoms with Gasteiger partial charge in [-0.3, -0.25) is 19.5 Å². The number of carbonyl (C=O) groups excluding carboxylic acids is 2. The van der Waals surface area contributed by atoms with Crippen molar-refractivity contribution < 1.29 is 29.6 Å². The van der Waals surface area contributed by atoms with E-state index in [0.717, 1.165) is 97.2 Å². The summed E-state index contributed by atoms with van der Waals surface area (Å²) in [5.41, 5.74) is 5.01. The van der Waals surface area contributed by atoms with Crippen LogP contribution < -0.4 is 0 Å². The first kappa shape index (κ1) is 39.3. The second kappa shape index (κ2) is 17.8. The van der Waals surface area contributed by atoms with Crippen molar-refractivity contribution >= 4 is 55.2 Å². The summed E-state index contributed by atoms with van der Waals surface area (Å²) in [7, 11) is 0. The van der Waals surface area contributed by atoms with Gasteiger partial charge in [0.15, 0.2) is 0 Å². The normalized spacial score (nSPS) is 27.9. The van der Waals surface area contributed by atoms with E-state index in [9.17, 15) is 24.9 Å². The summed E-state index contributed by atoms with van der Waals surface area (Å²) in [6, 6.07) is 6.32. The Morgan fingerprint density at radius 2 is 1.69 bits per heavy atom. The second-order valence-electron chi connectivity index (χ2n) is 15.3. The molecule has 1 aromatic heterocycles. The fourth-order valence-corrected chi connectivity index (χ4v) is 10.4. The lowest BCUT2D eigenvalue weighted by atomic mass is 9.76. The minimum atomic E-state index is -1.08. The molecule has 3 fully saturated rings. The number of pyridine rings is 1. The number of ether oxygens (including phenoxy) is 1. The molecule has 0 spiro atoms. The lowest BCUT2D eigenvalue weighted by Crippen LogP contribution is -2.54. The molecule has 3 saturated heterocycles. The summed E-state index contributed by atoms with van der Waals surface area (Å²) in [6.07, 6.45) is 7.73. The van der Waals surface area contributed by atoms with E-state index in [2.05, 4.69) is 53.8 Å². The van der Waals surface area contributed by atoms with Gasteiger partial charge in [-0.05, 0) is 127 Å². The number of amides is 1. The average Bonchev–Trinajstić information content (AvgIpc) is 3.27. The maximum atomic E-state index is 13.5. The Kier molecular flexibility index (Phi) is 13.7. The fourth-order valence-electron chi connectivity index (χ4n) is 8.90. The zero-order valence-corrected chi connectivity index (χ0v) is 33.4. The summed E-state index contributed by atoms with van der Waals surface area (Å²) in [5, 5.41) is 30.5. The third-order valence-electron chi connectivity index (χ3n) is 11.9. The minimum absolute atomic E-state index is 0.153. The zero-order valence-electron chi connectivity index (χ0n) is 29.5. The second-order valence-corrected chi connectivity index (χ2v) is 17.5. The maximum Gasteiger partial charge on any atom is 0.222 e. The molecule has 12 heteroatoms. The van der Waals surface area contributed by atoms with Crippen LogP contribution in [0.1, 0.15) is 93.0 Å². The molecular weight excluding hydrogens is 802 g/mol. The Morgan fingerprint density at radius 3 is 2.41 bits per heavy atom. The number of piperidine rings is 2. The number of carbonyl (C=O) groups is 2. The lowest BCUT2D eigenvalue weighted by molar-refractivity contribution is -0.206. The number of aliphatic hydroxyl groups excluding tert-OH is 3. The van der Waals surface area contributed by atoms with Gasteiger partial charge in [0.25, 0.3) is 0 Å². The summed E-state index contributed by atoms with van der Waals surface area (Å²) < 4.78 is 7.85. The van der Waals surface area contributed by atoms with Gasteiger partial charge in [0.05, 0.1) is 31.1 Å². The average molecular weight is 854 g/mol. The third kappa shape index (κ3) is 9.45. The molecular formula is C39H52Br2ClN3O6. The predicted molar refractivity (Wildman–Crippen MR) is 204 cm³/mol. The molecule has 0 radical (unpaired) electrons. The van der Waals surface area contributed by atoms with Gasteiger partial charge in [-0.15, -0.1) is 0 Å². The van der Waals surface area contributed by atoms with Gasteiger partial charge >= 0.3 is 0 Å². The number of aliphatic hydroxyl groups is 3. The van der Waals surface area contributed by atoms with E-state index in [1.807, 2.05) is 19.2 Å². The molecule has 3 aliphatic heterocycles. The number of aromatic nitrogens is 1. The Hall–Kier alpha value is -1.44. The first-order valence-electron chi connectivity index (χ1n) is 18.8. The van der Waals surface area contributed by atoms with Crippen molar-refractivity contribution in [1.29, 1.82) is 0 Å². The van der Waals surface area contributed by atoms with Gasteiger partial charge in [0.1, 0.15) is 18.0 Å². The number of fused-ring (bicyclic) bond motifs is 2. The van der Waals surface area contributed by atoms with Crippen LogP contribution in [0.2, 0.25) is 5.02 Å². The molecule has 0 bridgehead atoms. The van der Waals surface area contributed by atoms with Gasteiger partial charge in [-0.25, -0.2) is 0 Å². The first-order valence-corrected chi connectivity index (χ1v) is 20.7. The van der Waals surface area contributed by atoms with E-state index in [4.69, 9.17) is 21.3 Å². The number of benzene rings is 1. The summed E-state index contributed by atoms with van der Waals surface area (Å²) in [5.74, 6) is 1.12. The molecule has 0 unspecified atom stereocenters. The van der Waals surface area contributed by atoms with Gasteiger partial charge in [-0.2, -0.15) is 0 Å². The molecule has 4 heterocycles. The Morgan fingerprint density at radius 1 is 0.961 bits per heavy atom. The number of nitrogens with zero attached hydrogens (tertiary/aromatic N) is 3. The number of rotatable bonds is 11. The topological polar surface area (TPSA) is 123 Å². The van der Waals surface area contributed by atoms with Crippen molar-refractivity contribution in [1.82, 2.24) is 14.8 Å². The van der Waals surface area contributed by atoms with E-state index in [0.29, 0.717) is 37.6 Å². The molecule has 6 atom stereocenters. The number of aryl methyl sites for hydroxylation is 2.